The van der Waals surface area contributed by atoms with Crippen molar-refractivity contribution >= 4 is 29.0 Å². The first-order valence-corrected chi connectivity index (χ1v) is 6.57. The van der Waals surface area contributed by atoms with Crippen LogP contribution < -0.4 is 11.1 Å². The molecule has 0 aromatic carbocycles. The lowest BCUT2D eigenvalue weighted by Crippen LogP contribution is -2.28. The summed E-state index contributed by atoms with van der Waals surface area (Å²) in [7, 11) is 0. The third-order valence-corrected chi connectivity index (χ3v) is 3.17. The van der Waals surface area contributed by atoms with Gasteiger partial charge in [-0.1, -0.05) is 6.07 Å². The fourth-order valence-corrected chi connectivity index (χ4v) is 2.00. The second kappa shape index (κ2) is 6.62. The standard InChI is InChI=1S/C12H12N4O3S/c13-11-10(14-3-4-15-11)12(18)19-7-9(17)16-6-8-2-1-5-20-8/h1-5H,6-7H2,(H2,13,15)(H,16,17). The fourth-order valence-electron chi connectivity index (χ4n) is 1.36. The monoisotopic (exact) mass is 292 g/mol. The van der Waals surface area contributed by atoms with Crippen molar-refractivity contribution in [3.8, 4) is 0 Å². The predicted octanol–water partition coefficient (Wildman–Crippen LogP) is 0.593. The number of ether oxygens (including phenoxy) is 1. The van der Waals surface area contributed by atoms with Crippen LogP contribution in [0.25, 0.3) is 0 Å². The molecule has 0 spiro atoms. The number of carbonyl (C=O) groups is 2. The van der Waals surface area contributed by atoms with E-state index in [-0.39, 0.29) is 18.1 Å². The molecule has 0 aliphatic carbocycles. The van der Waals surface area contributed by atoms with Crippen LogP contribution in [-0.4, -0.2) is 28.5 Å². The normalized spacial score (nSPS) is 10.0. The second-order valence-electron chi connectivity index (χ2n) is 3.72. The molecular formula is C12H12N4O3S. The topological polar surface area (TPSA) is 107 Å². The SMILES string of the molecule is Nc1nccnc1C(=O)OCC(=O)NCc1cccs1. The Labute approximate surface area is 118 Å². The van der Waals surface area contributed by atoms with Gasteiger partial charge >= 0.3 is 5.97 Å². The van der Waals surface area contributed by atoms with E-state index < -0.39 is 11.9 Å². The summed E-state index contributed by atoms with van der Waals surface area (Å²) in [5.41, 5.74) is 5.38. The number of rotatable bonds is 5. The number of esters is 1. The number of nitrogens with one attached hydrogen (secondary N) is 1. The average Bonchev–Trinajstić information content (AvgIpc) is 2.96. The highest BCUT2D eigenvalue weighted by atomic mass is 32.1. The van der Waals surface area contributed by atoms with E-state index in [4.69, 9.17) is 10.5 Å². The van der Waals surface area contributed by atoms with Crippen LogP contribution in [0, 0.1) is 0 Å². The number of thiophene rings is 1. The molecule has 0 saturated heterocycles. The van der Waals surface area contributed by atoms with E-state index in [1.165, 1.54) is 23.7 Å². The van der Waals surface area contributed by atoms with Gasteiger partial charge in [-0.15, -0.1) is 11.3 Å². The quantitative estimate of drug-likeness (QED) is 0.781. The maximum atomic E-state index is 11.6. The molecule has 2 rings (SSSR count). The Morgan fingerprint density at radius 2 is 2.15 bits per heavy atom. The van der Waals surface area contributed by atoms with E-state index in [2.05, 4.69) is 15.3 Å². The number of carbonyl (C=O) groups excluding carboxylic acids is 2. The lowest BCUT2D eigenvalue weighted by molar-refractivity contribution is -0.124. The van der Waals surface area contributed by atoms with Gasteiger partial charge < -0.3 is 15.8 Å². The van der Waals surface area contributed by atoms with Crippen LogP contribution in [0.15, 0.2) is 29.9 Å². The maximum absolute atomic E-state index is 11.6. The first-order chi connectivity index (χ1) is 9.66. The van der Waals surface area contributed by atoms with Crippen molar-refractivity contribution in [2.75, 3.05) is 12.3 Å². The summed E-state index contributed by atoms with van der Waals surface area (Å²) < 4.78 is 4.81. The van der Waals surface area contributed by atoms with Crippen LogP contribution in [0.4, 0.5) is 5.82 Å². The van der Waals surface area contributed by atoms with Crippen molar-refractivity contribution in [3.63, 3.8) is 0 Å². The van der Waals surface area contributed by atoms with Gasteiger partial charge in [0.1, 0.15) is 0 Å². The molecule has 2 aromatic heterocycles. The molecule has 1 amide bonds. The summed E-state index contributed by atoms with van der Waals surface area (Å²) in [5, 5.41) is 4.55. The highest BCUT2D eigenvalue weighted by Crippen LogP contribution is 2.07. The van der Waals surface area contributed by atoms with Crippen LogP contribution in [0.3, 0.4) is 0 Å². The molecule has 0 aliphatic rings. The minimum Gasteiger partial charge on any atom is -0.451 e. The van der Waals surface area contributed by atoms with Crippen molar-refractivity contribution in [1.29, 1.82) is 0 Å². The highest BCUT2D eigenvalue weighted by Gasteiger charge is 2.15. The van der Waals surface area contributed by atoms with Gasteiger partial charge in [-0.05, 0) is 11.4 Å². The molecule has 0 aliphatic heterocycles. The Morgan fingerprint density at radius 3 is 2.85 bits per heavy atom. The van der Waals surface area contributed by atoms with Crippen LogP contribution in [0.1, 0.15) is 15.4 Å². The highest BCUT2D eigenvalue weighted by molar-refractivity contribution is 7.09. The summed E-state index contributed by atoms with van der Waals surface area (Å²) in [5.74, 6) is -1.20. The molecule has 0 bridgehead atoms. The van der Waals surface area contributed by atoms with E-state index in [0.29, 0.717) is 6.54 Å². The molecular weight excluding hydrogens is 280 g/mol. The largest absolute Gasteiger partial charge is 0.451 e. The van der Waals surface area contributed by atoms with Crippen LogP contribution in [0.5, 0.6) is 0 Å². The van der Waals surface area contributed by atoms with Crippen molar-refractivity contribution in [2.24, 2.45) is 0 Å². The predicted molar refractivity (Wildman–Crippen MR) is 72.9 cm³/mol. The maximum Gasteiger partial charge on any atom is 0.361 e. The van der Waals surface area contributed by atoms with Gasteiger partial charge in [0.25, 0.3) is 5.91 Å². The molecule has 2 aromatic rings. The Morgan fingerprint density at radius 1 is 1.35 bits per heavy atom. The Hall–Kier alpha value is -2.48. The van der Waals surface area contributed by atoms with Gasteiger partial charge in [0, 0.05) is 17.3 Å². The third-order valence-electron chi connectivity index (χ3n) is 2.29. The Kier molecular flexibility index (Phi) is 4.61. The lowest BCUT2D eigenvalue weighted by atomic mass is 10.4. The van der Waals surface area contributed by atoms with Crippen LogP contribution in [0.2, 0.25) is 0 Å². The molecule has 8 heteroatoms. The number of anilines is 1. The van der Waals surface area contributed by atoms with Crippen LogP contribution in [-0.2, 0) is 16.1 Å². The molecule has 20 heavy (non-hydrogen) atoms. The number of amides is 1. The Balaban J connectivity index is 1.78. The van der Waals surface area contributed by atoms with E-state index in [1.54, 1.807) is 0 Å². The van der Waals surface area contributed by atoms with E-state index in [0.717, 1.165) is 4.88 Å². The minimum atomic E-state index is -0.776. The van der Waals surface area contributed by atoms with Crippen molar-refractivity contribution in [2.45, 2.75) is 6.54 Å². The van der Waals surface area contributed by atoms with Gasteiger partial charge in [-0.3, -0.25) is 4.79 Å². The summed E-state index contributed by atoms with van der Waals surface area (Å²) in [6.07, 6.45) is 2.68. The number of hydrogen-bond donors (Lipinski definition) is 2. The van der Waals surface area contributed by atoms with Gasteiger partial charge in [-0.25, -0.2) is 14.8 Å². The zero-order chi connectivity index (χ0) is 14.4. The molecule has 3 N–H and O–H groups in total. The molecule has 0 fully saturated rings. The molecule has 0 unspecified atom stereocenters. The zero-order valence-electron chi connectivity index (χ0n) is 10.4. The molecule has 7 nitrogen and oxygen atoms in total. The van der Waals surface area contributed by atoms with E-state index in [9.17, 15) is 9.59 Å². The van der Waals surface area contributed by atoms with Gasteiger partial charge in [0.2, 0.25) is 0 Å². The number of nitrogens with zero attached hydrogens (tertiary/aromatic N) is 2. The average molecular weight is 292 g/mol. The van der Waals surface area contributed by atoms with Crippen LogP contribution >= 0.6 is 11.3 Å². The van der Waals surface area contributed by atoms with Gasteiger partial charge in [-0.2, -0.15) is 0 Å². The van der Waals surface area contributed by atoms with Crippen molar-refractivity contribution < 1.29 is 14.3 Å². The minimum absolute atomic E-state index is 0.0310. The van der Waals surface area contributed by atoms with Crippen molar-refractivity contribution in [1.82, 2.24) is 15.3 Å². The number of nitrogen functional groups attached to an aromatic ring is 1. The second-order valence-corrected chi connectivity index (χ2v) is 4.75. The summed E-state index contributed by atoms with van der Waals surface area (Å²) >= 11 is 1.53. The Bertz CT molecular complexity index is 601. The summed E-state index contributed by atoms with van der Waals surface area (Å²) in [6, 6.07) is 3.79. The third kappa shape index (κ3) is 3.75. The lowest BCUT2D eigenvalue weighted by Gasteiger charge is -2.06. The van der Waals surface area contributed by atoms with E-state index >= 15 is 0 Å². The van der Waals surface area contributed by atoms with Gasteiger partial charge in [0.05, 0.1) is 6.54 Å². The molecule has 2 heterocycles. The summed E-state index contributed by atoms with van der Waals surface area (Å²) in [6.45, 7) is 0.0154. The number of nitrogens with two attached hydrogens (primary N) is 1. The molecule has 0 atom stereocenters. The number of hydrogen-bond acceptors (Lipinski definition) is 7. The first kappa shape index (κ1) is 13.9. The molecule has 104 valence electrons. The first-order valence-electron chi connectivity index (χ1n) is 5.69. The van der Waals surface area contributed by atoms with Gasteiger partial charge in [0.15, 0.2) is 18.1 Å². The fraction of sp³-hybridized carbons (Fsp3) is 0.167. The molecule has 0 saturated carbocycles. The summed E-state index contributed by atoms with van der Waals surface area (Å²) in [4.78, 5) is 31.6. The van der Waals surface area contributed by atoms with Crippen molar-refractivity contribution in [3.05, 3.63) is 40.5 Å². The number of aromatic nitrogens is 2. The zero-order valence-corrected chi connectivity index (χ0v) is 11.2. The smallest absolute Gasteiger partial charge is 0.361 e. The van der Waals surface area contributed by atoms with E-state index in [1.807, 2.05) is 17.5 Å². The molecule has 0 radical (unpaired) electrons.